The van der Waals surface area contributed by atoms with Crippen LogP contribution in [0.5, 0.6) is 11.5 Å². The summed E-state index contributed by atoms with van der Waals surface area (Å²) < 4.78 is 5.33. The van der Waals surface area contributed by atoms with E-state index in [1.54, 1.807) is 12.1 Å². The Labute approximate surface area is 113 Å². The monoisotopic (exact) mass is 264 g/mol. The lowest BCUT2D eigenvalue weighted by Crippen LogP contribution is -2.47. The molecule has 5 nitrogen and oxygen atoms in total. The van der Waals surface area contributed by atoms with Gasteiger partial charge in [-0.15, -0.1) is 0 Å². The molecule has 0 radical (unpaired) electrons. The smallest absolute Gasteiger partial charge is 0.237 e. The molecule has 1 aromatic carbocycles. The Morgan fingerprint density at radius 3 is 3.11 bits per heavy atom. The van der Waals surface area contributed by atoms with Gasteiger partial charge in [0.25, 0.3) is 0 Å². The number of nitrogens with one attached hydrogen (secondary N) is 2. The van der Waals surface area contributed by atoms with Gasteiger partial charge in [0.15, 0.2) is 11.5 Å². The summed E-state index contributed by atoms with van der Waals surface area (Å²) in [7, 11) is 0. The van der Waals surface area contributed by atoms with Crippen LogP contribution in [0.25, 0.3) is 0 Å². The fourth-order valence-corrected chi connectivity index (χ4v) is 2.15. The minimum Gasteiger partial charge on any atom is -0.504 e. The largest absolute Gasteiger partial charge is 0.504 e. The number of hydrogen-bond donors (Lipinski definition) is 3. The van der Waals surface area contributed by atoms with Crippen molar-refractivity contribution in [3.05, 3.63) is 23.8 Å². The number of hydrogen-bond acceptors (Lipinski definition) is 4. The predicted molar refractivity (Wildman–Crippen MR) is 72.1 cm³/mol. The van der Waals surface area contributed by atoms with Crippen LogP contribution in [0.3, 0.4) is 0 Å². The Bertz CT molecular complexity index is 448. The molecule has 1 saturated heterocycles. The molecule has 104 valence electrons. The van der Waals surface area contributed by atoms with Crippen LogP contribution in [0.1, 0.15) is 25.3 Å². The van der Waals surface area contributed by atoms with E-state index < -0.39 is 0 Å². The molecule has 1 heterocycles. The number of carbonyl (C=O) groups is 1. The molecule has 3 N–H and O–H groups in total. The fourth-order valence-electron chi connectivity index (χ4n) is 2.15. The van der Waals surface area contributed by atoms with E-state index in [1.165, 1.54) is 0 Å². The highest BCUT2D eigenvalue weighted by atomic mass is 16.5. The SMILES string of the molecule is CCOc1cc(CNC2CCCNC2=O)ccc1O. The first-order chi connectivity index (χ1) is 9.20. The Kier molecular flexibility index (Phi) is 4.63. The molecule has 0 bridgehead atoms. The van der Waals surface area contributed by atoms with Gasteiger partial charge in [0.05, 0.1) is 12.6 Å². The van der Waals surface area contributed by atoms with Gasteiger partial charge in [-0.3, -0.25) is 4.79 Å². The molecule has 1 aromatic rings. The van der Waals surface area contributed by atoms with Gasteiger partial charge in [-0.05, 0) is 37.5 Å². The number of amides is 1. The van der Waals surface area contributed by atoms with Crippen molar-refractivity contribution in [2.24, 2.45) is 0 Å². The number of phenolic OH excluding ortho intramolecular Hbond substituents is 1. The lowest BCUT2D eigenvalue weighted by Gasteiger charge is -2.23. The highest BCUT2D eigenvalue weighted by Gasteiger charge is 2.20. The van der Waals surface area contributed by atoms with Gasteiger partial charge in [0.1, 0.15) is 0 Å². The molecule has 1 amide bonds. The van der Waals surface area contributed by atoms with E-state index in [0.29, 0.717) is 18.9 Å². The van der Waals surface area contributed by atoms with Crippen molar-refractivity contribution < 1.29 is 14.6 Å². The lowest BCUT2D eigenvalue weighted by atomic mass is 10.1. The van der Waals surface area contributed by atoms with Crippen molar-refractivity contribution in [1.29, 1.82) is 0 Å². The molecule has 1 atom stereocenters. The van der Waals surface area contributed by atoms with Gasteiger partial charge < -0.3 is 20.5 Å². The van der Waals surface area contributed by atoms with Gasteiger partial charge in [0, 0.05) is 13.1 Å². The van der Waals surface area contributed by atoms with E-state index in [-0.39, 0.29) is 17.7 Å². The predicted octanol–water partition coefficient (Wildman–Crippen LogP) is 1.16. The second-order valence-corrected chi connectivity index (χ2v) is 4.60. The van der Waals surface area contributed by atoms with Crippen LogP contribution in [0.4, 0.5) is 0 Å². The van der Waals surface area contributed by atoms with Crippen LogP contribution in [0, 0.1) is 0 Å². The summed E-state index contributed by atoms with van der Waals surface area (Å²) in [5.41, 5.74) is 0.986. The van der Waals surface area contributed by atoms with Crippen LogP contribution >= 0.6 is 0 Å². The Morgan fingerprint density at radius 1 is 1.53 bits per heavy atom. The highest BCUT2D eigenvalue weighted by Crippen LogP contribution is 2.26. The van der Waals surface area contributed by atoms with Crippen LogP contribution in [0.2, 0.25) is 0 Å². The summed E-state index contributed by atoms with van der Waals surface area (Å²) in [5, 5.41) is 15.7. The minimum absolute atomic E-state index is 0.0649. The van der Waals surface area contributed by atoms with E-state index in [0.717, 1.165) is 24.9 Å². The summed E-state index contributed by atoms with van der Waals surface area (Å²) in [5.74, 6) is 0.686. The van der Waals surface area contributed by atoms with Gasteiger partial charge >= 0.3 is 0 Å². The third kappa shape index (κ3) is 3.61. The topological polar surface area (TPSA) is 70.6 Å². The number of phenols is 1. The first-order valence-electron chi connectivity index (χ1n) is 6.66. The van der Waals surface area contributed by atoms with Crippen LogP contribution < -0.4 is 15.4 Å². The van der Waals surface area contributed by atoms with Crippen molar-refractivity contribution in [3.63, 3.8) is 0 Å². The van der Waals surface area contributed by atoms with Crippen molar-refractivity contribution in [2.75, 3.05) is 13.2 Å². The number of carbonyl (C=O) groups excluding carboxylic acids is 1. The van der Waals surface area contributed by atoms with E-state index >= 15 is 0 Å². The zero-order valence-electron chi connectivity index (χ0n) is 11.1. The first-order valence-corrected chi connectivity index (χ1v) is 6.66. The van der Waals surface area contributed by atoms with Crippen molar-refractivity contribution >= 4 is 5.91 Å². The van der Waals surface area contributed by atoms with Crippen molar-refractivity contribution in [2.45, 2.75) is 32.4 Å². The average Bonchev–Trinajstić information content (AvgIpc) is 2.41. The lowest BCUT2D eigenvalue weighted by molar-refractivity contribution is -0.124. The molecule has 1 aliphatic heterocycles. The molecule has 0 aliphatic carbocycles. The number of benzene rings is 1. The number of rotatable bonds is 5. The summed E-state index contributed by atoms with van der Waals surface area (Å²) in [6, 6.07) is 5.11. The molecule has 1 fully saturated rings. The van der Waals surface area contributed by atoms with Crippen molar-refractivity contribution in [3.8, 4) is 11.5 Å². The Balaban J connectivity index is 1.95. The van der Waals surface area contributed by atoms with Gasteiger partial charge in [0.2, 0.25) is 5.91 Å². The summed E-state index contributed by atoms with van der Waals surface area (Å²) >= 11 is 0. The maximum absolute atomic E-state index is 11.6. The zero-order valence-corrected chi connectivity index (χ0v) is 11.1. The number of piperidine rings is 1. The van der Waals surface area contributed by atoms with E-state index in [4.69, 9.17) is 4.74 Å². The van der Waals surface area contributed by atoms with Gasteiger partial charge in [-0.1, -0.05) is 6.07 Å². The number of ether oxygens (including phenoxy) is 1. The fraction of sp³-hybridized carbons (Fsp3) is 0.500. The molecule has 1 unspecified atom stereocenters. The maximum atomic E-state index is 11.6. The van der Waals surface area contributed by atoms with Crippen LogP contribution in [0.15, 0.2) is 18.2 Å². The average molecular weight is 264 g/mol. The number of aromatic hydroxyl groups is 1. The standard InChI is InChI=1S/C14H20N2O3/c1-2-19-13-8-10(5-6-12(13)17)9-16-11-4-3-7-15-14(11)18/h5-6,8,11,16-17H,2-4,7,9H2,1H3,(H,15,18). The molecular weight excluding hydrogens is 244 g/mol. The zero-order chi connectivity index (χ0) is 13.7. The summed E-state index contributed by atoms with van der Waals surface area (Å²) in [6.45, 7) is 3.73. The van der Waals surface area contributed by atoms with Crippen molar-refractivity contribution in [1.82, 2.24) is 10.6 Å². The minimum atomic E-state index is -0.127. The second-order valence-electron chi connectivity index (χ2n) is 4.60. The third-order valence-electron chi connectivity index (χ3n) is 3.16. The molecule has 0 saturated carbocycles. The first kappa shape index (κ1) is 13.7. The van der Waals surface area contributed by atoms with E-state index in [2.05, 4.69) is 10.6 Å². The molecular formula is C14H20N2O3. The maximum Gasteiger partial charge on any atom is 0.237 e. The van der Waals surface area contributed by atoms with Gasteiger partial charge in [-0.2, -0.15) is 0 Å². The molecule has 0 spiro atoms. The Hall–Kier alpha value is -1.75. The van der Waals surface area contributed by atoms with E-state index in [9.17, 15) is 9.90 Å². The third-order valence-corrected chi connectivity index (χ3v) is 3.16. The molecule has 0 aromatic heterocycles. The summed E-state index contributed by atoms with van der Waals surface area (Å²) in [6.07, 6.45) is 1.87. The van der Waals surface area contributed by atoms with Crippen LogP contribution in [-0.2, 0) is 11.3 Å². The Morgan fingerprint density at radius 2 is 2.37 bits per heavy atom. The molecule has 2 rings (SSSR count). The normalized spacial score (nSPS) is 19.0. The van der Waals surface area contributed by atoms with Gasteiger partial charge in [-0.25, -0.2) is 0 Å². The van der Waals surface area contributed by atoms with Crippen LogP contribution in [-0.4, -0.2) is 30.2 Å². The van der Waals surface area contributed by atoms with E-state index in [1.807, 2.05) is 13.0 Å². The molecule has 5 heteroatoms. The quantitative estimate of drug-likeness (QED) is 0.746. The molecule has 1 aliphatic rings. The second kappa shape index (κ2) is 6.43. The highest BCUT2D eigenvalue weighted by molar-refractivity contribution is 5.82. The molecule has 19 heavy (non-hydrogen) atoms. The summed E-state index contributed by atoms with van der Waals surface area (Å²) in [4.78, 5) is 11.6.